The van der Waals surface area contributed by atoms with E-state index in [2.05, 4.69) is 47.8 Å². The maximum Gasteiger partial charge on any atom is 0.255 e. The Morgan fingerprint density at radius 1 is 1.44 bits per heavy atom. The van der Waals surface area contributed by atoms with Gasteiger partial charge in [-0.2, -0.15) is 0 Å². The van der Waals surface area contributed by atoms with E-state index < -0.39 is 0 Å². The van der Waals surface area contributed by atoms with Gasteiger partial charge < -0.3 is 4.90 Å². The molecule has 0 bridgehead atoms. The van der Waals surface area contributed by atoms with Crippen molar-refractivity contribution in [3.05, 3.63) is 32.7 Å². The van der Waals surface area contributed by atoms with Crippen LogP contribution in [0.25, 0.3) is 0 Å². The first kappa shape index (κ1) is 14.2. The predicted octanol–water partition coefficient (Wildman–Crippen LogP) is 4.07. The minimum Gasteiger partial charge on any atom is -0.338 e. The topological polar surface area (TPSA) is 20.3 Å². The number of alkyl halides is 1. The Labute approximate surface area is 121 Å². The molecule has 0 saturated heterocycles. The highest BCUT2D eigenvalue weighted by Gasteiger charge is 2.18. The van der Waals surface area contributed by atoms with Crippen molar-refractivity contribution in [2.45, 2.75) is 13.0 Å². The Morgan fingerprint density at radius 2 is 2.06 bits per heavy atom. The smallest absolute Gasteiger partial charge is 0.255 e. The second kappa shape index (κ2) is 6.17. The summed E-state index contributed by atoms with van der Waals surface area (Å²) in [5.41, 5.74) is 0.679. The molecule has 88 valence electrons. The van der Waals surface area contributed by atoms with E-state index in [0.717, 1.165) is 14.3 Å². The highest BCUT2D eigenvalue weighted by molar-refractivity contribution is 9.11. The van der Waals surface area contributed by atoms with Gasteiger partial charge in [-0.05, 0) is 41.1 Å². The molecule has 1 amide bonds. The standard InChI is InChI=1S/C11H12Br3NO/c1-7(6-12)15(2)11(16)9-4-3-8(13)5-10(9)14/h3-5,7H,6H2,1-2H3. The van der Waals surface area contributed by atoms with Gasteiger partial charge in [0.05, 0.1) is 5.56 Å². The molecule has 1 aromatic rings. The van der Waals surface area contributed by atoms with E-state index in [-0.39, 0.29) is 11.9 Å². The molecule has 0 aliphatic rings. The van der Waals surface area contributed by atoms with E-state index in [1.165, 1.54) is 0 Å². The molecule has 0 spiro atoms. The molecule has 1 rings (SSSR count). The van der Waals surface area contributed by atoms with Crippen molar-refractivity contribution in [1.82, 2.24) is 4.90 Å². The Bertz CT molecular complexity index is 395. The molecule has 0 N–H and O–H groups in total. The summed E-state index contributed by atoms with van der Waals surface area (Å²) in [6.45, 7) is 2.00. The summed E-state index contributed by atoms with van der Waals surface area (Å²) < 4.78 is 1.76. The molecule has 0 aliphatic heterocycles. The van der Waals surface area contributed by atoms with Gasteiger partial charge in [0.15, 0.2) is 0 Å². The molecule has 1 unspecified atom stereocenters. The third-order valence-electron chi connectivity index (χ3n) is 2.37. The van der Waals surface area contributed by atoms with Crippen molar-refractivity contribution in [3.63, 3.8) is 0 Å². The van der Waals surface area contributed by atoms with Gasteiger partial charge in [-0.15, -0.1) is 0 Å². The summed E-state index contributed by atoms with van der Waals surface area (Å²) >= 11 is 10.1. The molecule has 0 heterocycles. The fourth-order valence-electron chi connectivity index (χ4n) is 1.16. The maximum atomic E-state index is 12.1. The molecule has 0 saturated carbocycles. The van der Waals surface area contributed by atoms with Gasteiger partial charge in [0.1, 0.15) is 0 Å². The third-order valence-corrected chi connectivity index (χ3v) is 4.45. The van der Waals surface area contributed by atoms with E-state index in [1.807, 2.05) is 32.2 Å². The highest BCUT2D eigenvalue weighted by atomic mass is 79.9. The van der Waals surface area contributed by atoms with E-state index in [0.29, 0.717) is 5.56 Å². The van der Waals surface area contributed by atoms with Crippen LogP contribution in [-0.2, 0) is 0 Å². The molecule has 0 radical (unpaired) electrons. The average Bonchev–Trinajstić information content (AvgIpc) is 2.26. The predicted molar refractivity (Wildman–Crippen MR) is 77.2 cm³/mol. The lowest BCUT2D eigenvalue weighted by atomic mass is 10.2. The first-order valence-electron chi connectivity index (χ1n) is 4.75. The number of carbonyl (C=O) groups is 1. The van der Waals surface area contributed by atoms with Gasteiger partial charge in [-0.1, -0.05) is 31.9 Å². The molecular formula is C11H12Br3NO. The van der Waals surface area contributed by atoms with Crippen molar-refractivity contribution in [1.29, 1.82) is 0 Å². The Kier molecular flexibility index (Phi) is 5.47. The van der Waals surface area contributed by atoms with Crippen LogP contribution in [0, 0.1) is 0 Å². The summed E-state index contributed by atoms with van der Waals surface area (Å²) in [6.07, 6.45) is 0. The van der Waals surface area contributed by atoms with Crippen LogP contribution in [0.2, 0.25) is 0 Å². The summed E-state index contributed by atoms with van der Waals surface area (Å²) in [5, 5.41) is 0.767. The number of hydrogen-bond acceptors (Lipinski definition) is 1. The number of benzene rings is 1. The van der Waals surface area contributed by atoms with Crippen LogP contribution in [0.5, 0.6) is 0 Å². The van der Waals surface area contributed by atoms with Crippen LogP contribution < -0.4 is 0 Å². The van der Waals surface area contributed by atoms with Crippen molar-refractivity contribution in [2.75, 3.05) is 12.4 Å². The minimum absolute atomic E-state index is 0.0197. The van der Waals surface area contributed by atoms with Crippen molar-refractivity contribution >= 4 is 53.7 Å². The summed E-state index contributed by atoms with van der Waals surface area (Å²) in [7, 11) is 1.81. The van der Waals surface area contributed by atoms with Crippen LogP contribution >= 0.6 is 47.8 Å². The fourth-order valence-corrected chi connectivity index (χ4v) is 2.81. The molecule has 1 atom stereocenters. The molecule has 0 fully saturated rings. The number of hydrogen-bond donors (Lipinski definition) is 0. The number of nitrogens with zero attached hydrogens (tertiary/aromatic N) is 1. The third kappa shape index (κ3) is 3.31. The van der Waals surface area contributed by atoms with E-state index >= 15 is 0 Å². The van der Waals surface area contributed by atoms with Crippen LogP contribution in [0.1, 0.15) is 17.3 Å². The molecular weight excluding hydrogens is 402 g/mol. The molecule has 0 aromatic heterocycles. The van der Waals surface area contributed by atoms with Gasteiger partial charge in [-0.3, -0.25) is 4.79 Å². The Balaban J connectivity index is 2.96. The Hall–Kier alpha value is 0.130. The second-order valence-corrected chi connectivity index (χ2v) is 5.96. The first-order valence-corrected chi connectivity index (χ1v) is 7.46. The normalized spacial score (nSPS) is 12.3. The van der Waals surface area contributed by atoms with Crippen molar-refractivity contribution < 1.29 is 4.79 Å². The molecule has 0 aliphatic carbocycles. The van der Waals surface area contributed by atoms with E-state index in [9.17, 15) is 4.79 Å². The second-order valence-electron chi connectivity index (χ2n) is 3.54. The number of rotatable bonds is 3. The number of carbonyl (C=O) groups excluding carboxylic acids is 1. The van der Waals surface area contributed by atoms with Gasteiger partial charge in [0.2, 0.25) is 0 Å². The SMILES string of the molecule is CC(CBr)N(C)C(=O)c1ccc(Br)cc1Br. The average molecular weight is 414 g/mol. The lowest BCUT2D eigenvalue weighted by molar-refractivity contribution is 0.0757. The summed E-state index contributed by atoms with van der Waals surface area (Å²) in [6, 6.07) is 5.72. The van der Waals surface area contributed by atoms with Crippen LogP contribution in [-0.4, -0.2) is 29.2 Å². The largest absolute Gasteiger partial charge is 0.338 e. The minimum atomic E-state index is 0.0197. The zero-order chi connectivity index (χ0) is 12.3. The van der Waals surface area contributed by atoms with E-state index in [4.69, 9.17) is 0 Å². The van der Waals surface area contributed by atoms with Crippen LogP contribution in [0.3, 0.4) is 0 Å². The zero-order valence-corrected chi connectivity index (χ0v) is 13.8. The first-order chi connectivity index (χ1) is 7.47. The van der Waals surface area contributed by atoms with E-state index in [1.54, 1.807) is 4.90 Å². The number of amides is 1. The van der Waals surface area contributed by atoms with Gasteiger partial charge in [-0.25, -0.2) is 0 Å². The number of halogens is 3. The summed E-state index contributed by atoms with van der Waals surface area (Å²) in [5.74, 6) is 0.0197. The van der Waals surface area contributed by atoms with Gasteiger partial charge >= 0.3 is 0 Å². The van der Waals surface area contributed by atoms with Gasteiger partial charge in [0.25, 0.3) is 5.91 Å². The molecule has 16 heavy (non-hydrogen) atoms. The maximum absolute atomic E-state index is 12.1. The highest BCUT2D eigenvalue weighted by Crippen LogP contribution is 2.23. The summed E-state index contributed by atoms with van der Waals surface area (Å²) in [4.78, 5) is 13.9. The lowest BCUT2D eigenvalue weighted by Gasteiger charge is -2.23. The van der Waals surface area contributed by atoms with Crippen molar-refractivity contribution in [2.24, 2.45) is 0 Å². The fraction of sp³-hybridized carbons (Fsp3) is 0.364. The Morgan fingerprint density at radius 3 is 2.56 bits per heavy atom. The molecule has 2 nitrogen and oxygen atoms in total. The van der Waals surface area contributed by atoms with Crippen LogP contribution in [0.4, 0.5) is 0 Å². The zero-order valence-electron chi connectivity index (χ0n) is 9.01. The lowest BCUT2D eigenvalue weighted by Crippen LogP contribution is -2.36. The van der Waals surface area contributed by atoms with Crippen molar-refractivity contribution in [3.8, 4) is 0 Å². The van der Waals surface area contributed by atoms with Gasteiger partial charge in [0, 0.05) is 27.4 Å². The quantitative estimate of drug-likeness (QED) is 0.684. The molecule has 1 aromatic carbocycles. The molecule has 5 heteroatoms. The van der Waals surface area contributed by atoms with Crippen LogP contribution in [0.15, 0.2) is 27.1 Å². The monoisotopic (exact) mass is 411 g/mol.